The maximum atomic E-state index is 10.5. The lowest BCUT2D eigenvalue weighted by Crippen LogP contribution is -2.41. The molecule has 0 spiro atoms. The smallest absolute Gasteiger partial charge is 0.217 e. The summed E-state index contributed by atoms with van der Waals surface area (Å²) in [6.45, 7) is 3.26. The summed E-state index contributed by atoms with van der Waals surface area (Å²) in [6.07, 6.45) is 3.79. The number of amides is 1. The first-order valence-electron chi connectivity index (χ1n) is 5.38. The molecule has 0 aromatic heterocycles. The van der Waals surface area contributed by atoms with Gasteiger partial charge >= 0.3 is 0 Å². The molecule has 0 bridgehead atoms. The van der Waals surface area contributed by atoms with Crippen LogP contribution in [0.15, 0.2) is 0 Å². The Kier molecular flexibility index (Phi) is 4.90. The van der Waals surface area contributed by atoms with Crippen LogP contribution in [0.25, 0.3) is 0 Å². The van der Waals surface area contributed by atoms with Crippen molar-refractivity contribution < 1.29 is 4.79 Å². The molecule has 14 heavy (non-hydrogen) atoms. The van der Waals surface area contributed by atoms with Gasteiger partial charge in [-0.2, -0.15) is 0 Å². The van der Waals surface area contributed by atoms with Crippen LogP contribution in [0.1, 0.15) is 25.7 Å². The standard InChI is InChI=1S/C10H21N3O/c1-13-7-4-9(5-8-13)12-6-2-3-10(11)14/h9,12H,2-8H2,1H3,(H2,11,14). The molecule has 0 unspecified atom stereocenters. The normalized spacial score (nSPS) is 19.8. The van der Waals surface area contributed by atoms with Crippen LogP contribution in [0.3, 0.4) is 0 Å². The lowest BCUT2D eigenvalue weighted by Gasteiger charge is -2.29. The number of rotatable bonds is 5. The molecular weight excluding hydrogens is 178 g/mol. The van der Waals surface area contributed by atoms with Crippen LogP contribution in [-0.4, -0.2) is 43.5 Å². The summed E-state index contributed by atoms with van der Waals surface area (Å²) in [5.74, 6) is -0.199. The fourth-order valence-corrected chi connectivity index (χ4v) is 1.78. The van der Waals surface area contributed by atoms with Gasteiger partial charge in [-0.15, -0.1) is 0 Å². The fourth-order valence-electron chi connectivity index (χ4n) is 1.78. The van der Waals surface area contributed by atoms with Crippen molar-refractivity contribution in [3.05, 3.63) is 0 Å². The van der Waals surface area contributed by atoms with E-state index >= 15 is 0 Å². The highest BCUT2D eigenvalue weighted by Gasteiger charge is 2.15. The highest BCUT2D eigenvalue weighted by atomic mass is 16.1. The van der Waals surface area contributed by atoms with Crippen molar-refractivity contribution in [3.8, 4) is 0 Å². The molecule has 3 N–H and O–H groups in total. The van der Waals surface area contributed by atoms with Gasteiger partial charge in [0.25, 0.3) is 0 Å². The Balaban J connectivity index is 1.99. The number of piperidine rings is 1. The summed E-state index contributed by atoms with van der Waals surface area (Å²) < 4.78 is 0. The quantitative estimate of drug-likeness (QED) is 0.610. The molecule has 82 valence electrons. The minimum absolute atomic E-state index is 0.199. The maximum absolute atomic E-state index is 10.5. The number of nitrogens with zero attached hydrogens (tertiary/aromatic N) is 1. The molecule has 1 aliphatic rings. The average Bonchev–Trinajstić information content (AvgIpc) is 2.15. The van der Waals surface area contributed by atoms with Crippen molar-refractivity contribution in [1.29, 1.82) is 0 Å². The number of hydrogen-bond donors (Lipinski definition) is 2. The van der Waals surface area contributed by atoms with Crippen molar-refractivity contribution in [2.45, 2.75) is 31.7 Å². The molecule has 1 aliphatic heterocycles. The molecule has 0 aromatic rings. The van der Waals surface area contributed by atoms with E-state index < -0.39 is 0 Å². The van der Waals surface area contributed by atoms with Crippen LogP contribution in [0.5, 0.6) is 0 Å². The molecule has 1 heterocycles. The summed E-state index contributed by atoms with van der Waals surface area (Å²) in [5.41, 5.74) is 5.06. The van der Waals surface area contributed by atoms with Gasteiger partial charge in [0.05, 0.1) is 0 Å². The zero-order valence-corrected chi connectivity index (χ0v) is 8.96. The summed E-state index contributed by atoms with van der Waals surface area (Å²) in [4.78, 5) is 12.8. The first kappa shape index (κ1) is 11.5. The Labute approximate surface area is 85.8 Å². The van der Waals surface area contributed by atoms with E-state index in [-0.39, 0.29) is 5.91 Å². The van der Waals surface area contributed by atoms with E-state index in [1.165, 1.54) is 25.9 Å². The monoisotopic (exact) mass is 199 g/mol. The lowest BCUT2D eigenvalue weighted by atomic mass is 10.1. The molecule has 1 amide bonds. The van der Waals surface area contributed by atoms with Crippen molar-refractivity contribution in [1.82, 2.24) is 10.2 Å². The summed E-state index contributed by atoms with van der Waals surface area (Å²) in [5, 5.41) is 3.46. The van der Waals surface area contributed by atoms with E-state index in [0.29, 0.717) is 12.5 Å². The van der Waals surface area contributed by atoms with Gasteiger partial charge in [0, 0.05) is 12.5 Å². The topological polar surface area (TPSA) is 58.4 Å². The second kappa shape index (κ2) is 5.98. The van der Waals surface area contributed by atoms with Crippen molar-refractivity contribution in [2.24, 2.45) is 5.73 Å². The lowest BCUT2D eigenvalue weighted by molar-refractivity contribution is -0.118. The predicted molar refractivity (Wildman–Crippen MR) is 57.0 cm³/mol. The molecule has 1 saturated heterocycles. The summed E-state index contributed by atoms with van der Waals surface area (Å²) in [7, 11) is 2.16. The van der Waals surface area contributed by atoms with Crippen LogP contribution in [0.2, 0.25) is 0 Å². The second-order valence-electron chi connectivity index (χ2n) is 4.10. The van der Waals surface area contributed by atoms with Crippen molar-refractivity contribution in [2.75, 3.05) is 26.7 Å². The molecule has 0 aromatic carbocycles. The second-order valence-corrected chi connectivity index (χ2v) is 4.10. The van der Waals surface area contributed by atoms with Crippen LogP contribution >= 0.6 is 0 Å². The Morgan fingerprint density at radius 3 is 2.71 bits per heavy atom. The largest absolute Gasteiger partial charge is 0.370 e. The van der Waals surface area contributed by atoms with E-state index in [4.69, 9.17) is 5.73 Å². The van der Waals surface area contributed by atoms with E-state index in [9.17, 15) is 4.79 Å². The number of carbonyl (C=O) groups is 1. The van der Waals surface area contributed by atoms with Crippen LogP contribution in [0, 0.1) is 0 Å². The molecular formula is C10H21N3O. The third-order valence-electron chi connectivity index (χ3n) is 2.75. The van der Waals surface area contributed by atoms with Gasteiger partial charge in [-0.1, -0.05) is 0 Å². The number of likely N-dealkylation sites (tertiary alicyclic amines) is 1. The zero-order chi connectivity index (χ0) is 10.4. The molecule has 1 rings (SSSR count). The molecule has 4 nitrogen and oxygen atoms in total. The number of nitrogens with two attached hydrogens (primary N) is 1. The minimum atomic E-state index is -0.199. The van der Waals surface area contributed by atoms with Gasteiger partial charge in [0.2, 0.25) is 5.91 Å². The molecule has 0 saturated carbocycles. The number of nitrogens with one attached hydrogen (secondary N) is 1. The summed E-state index contributed by atoms with van der Waals surface area (Å²) in [6, 6.07) is 0.638. The van der Waals surface area contributed by atoms with Crippen molar-refractivity contribution >= 4 is 5.91 Å². The SMILES string of the molecule is CN1CCC(NCCCC(N)=O)CC1. The predicted octanol–water partition coefficient (Wildman–Crippen LogP) is -0.0643. The van der Waals surface area contributed by atoms with Crippen molar-refractivity contribution in [3.63, 3.8) is 0 Å². The van der Waals surface area contributed by atoms with Gasteiger partial charge in [0.15, 0.2) is 0 Å². The molecule has 0 radical (unpaired) electrons. The van der Waals surface area contributed by atoms with E-state index in [2.05, 4.69) is 17.3 Å². The Morgan fingerprint density at radius 2 is 2.14 bits per heavy atom. The van der Waals surface area contributed by atoms with Crippen LogP contribution in [0.4, 0.5) is 0 Å². The van der Waals surface area contributed by atoms with Crippen LogP contribution in [-0.2, 0) is 4.79 Å². The van der Waals surface area contributed by atoms with E-state index in [1.54, 1.807) is 0 Å². The van der Waals surface area contributed by atoms with Gasteiger partial charge in [-0.05, 0) is 45.9 Å². The third-order valence-corrected chi connectivity index (χ3v) is 2.75. The highest BCUT2D eigenvalue weighted by molar-refractivity contribution is 5.73. The first-order chi connectivity index (χ1) is 6.68. The molecule has 4 heteroatoms. The van der Waals surface area contributed by atoms with E-state index in [1.807, 2.05) is 0 Å². The first-order valence-corrected chi connectivity index (χ1v) is 5.38. The number of hydrogen-bond acceptors (Lipinski definition) is 3. The van der Waals surface area contributed by atoms with Gasteiger partial charge in [-0.3, -0.25) is 4.79 Å². The van der Waals surface area contributed by atoms with Gasteiger partial charge < -0.3 is 16.0 Å². The van der Waals surface area contributed by atoms with E-state index in [0.717, 1.165) is 13.0 Å². The fraction of sp³-hybridized carbons (Fsp3) is 0.900. The maximum Gasteiger partial charge on any atom is 0.217 e. The Hall–Kier alpha value is -0.610. The third kappa shape index (κ3) is 4.58. The number of primary amides is 1. The highest BCUT2D eigenvalue weighted by Crippen LogP contribution is 2.07. The number of carbonyl (C=O) groups excluding carboxylic acids is 1. The molecule has 0 atom stereocenters. The molecule has 0 aliphatic carbocycles. The summed E-state index contributed by atoms with van der Waals surface area (Å²) >= 11 is 0. The average molecular weight is 199 g/mol. The Morgan fingerprint density at radius 1 is 1.50 bits per heavy atom. The van der Waals surface area contributed by atoms with Gasteiger partial charge in [-0.25, -0.2) is 0 Å². The zero-order valence-electron chi connectivity index (χ0n) is 8.96. The Bertz CT molecular complexity index is 176. The van der Waals surface area contributed by atoms with Crippen LogP contribution < -0.4 is 11.1 Å². The minimum Gasteiger partial charge on any atom is -0.370 e. The molecule has 1 fully saturated rings. The van der Waals surface area contributed by atoms with Gasteiger partial charge in [0.1, 0.15) is 0 Å².